The lowest BCUT2D eigenvalue weighted by atomic mass is 9.85. The highest BCUT2D eigenvalue weighted by molar-refractivity contribution is 5.97. The van der Waals surface area contributed by atoms with E-state index in [9.17, 15) is 9.59 Å². The van der Waals surface area contributed by atoms with Gasteiger partial charge >= 0.3 is 5.97 Å². The zero-order valence-electron chi connectivity index (χ0n) is 11.9. The van der Waals surface area contributed by atoms with Gasteiger partial charge in [-0.05, 0) is 29.5 Å². The van der Waals surface area contributed by atoms with E-state index >= 15 is 0 Å². The molecule has 0 radical (unpaired) electrons. The van der Waals surface area contributed by atoms with E-state index in [0.717, 1.165) is 5.56 Å². The van der Waals surface area contributed by atoms with Crippen molar-refractivity contribution in [1.29, 1.82) is 0 Å². The van der Waals surface area contributed by atoms with Gasteiger partial charge in [0.15, 0.2) is 6.61 Å². The van der Waals surface area contributed by atoms with Crippen molar-refractivity contribution >= 4 is 17.6 Å². The highest BCUT2D eigenvalue weighted by Crippen LogP contribution is 2.37. The fourth-order valence-electron chi connectivity index (χ4n) is 2.45. The van der Waals surface area contributed by atoms with Crippen molar-refractivity contribution in [2.45, 2.75) is 26.2 Å². The summed E-state index contributed by atoms with van der Waals surface area (Å²) >= 11 is 0. The number of carbonyl (C=O) groups excluding carboxylic acids is 1. The first-order valence-electron chi connectivity index (χ1n) is 6.65. The molecule has 0 fully saturated rings. The second-order valence-electron chi connectivity index (χ2n) is 5.42. The topological polar surface area (TPSA) is 66.8 Å². The average molecular weight is 277 g/mol. The summed E-state index contributed by atoms with van der Waals surface area (Å²) in [4.78, 5) is 24.2. The van der Waals surface area contributed by atoms with Crippen LogP contribution < -0.4 is 9.64 Å². The zero-order chi connectivity index (χ0) is 14.9. The van der Waals surface area contributed by atoms with Gasteiger partial charge in [0.2, 0.25) is 0 Å². The third kappa shape index (κ3) is 2.76. The highest BCUT2D eigenvalue weighted by Gasteiger charge is 2.25. The van der Waals surface area contributed by atoms with E-state index in [4.69, 9.17) is 9.84 Å². The molecule has 0 aromatic heterocycles. The van der Waals surface area contributed by atoms with Gasteiger partial charge in [-0.2, -0.15) is 0 Å². The van der Waals surface area contributed by atoms with E-state index in [0.29, 0.717) is 11.4 Å². The Morgan fingerprint density at radius 2 is 2.15 bits per heavy atom. The maximum atomic E-state index is 11.7. The van der Waals surface area contributed by atoms with Crippen LogP contribution in [0.4, 0.5) is 5.69 Å². The van der Waals surface area contributed by atoms with E-state index in [-0.39, 0.29) is 30.8 Å². The van der Waals surface area contributed by atoms with Crippen LogP contribution in [0.3, 0.4) is 0 Å². The molecule has 5 nitrogen and oxygen atoms in total. The molecule has 1 aliphatic heterocycles. The molecule has 0 aliphatic carbocycles. The van der Waals surface area contributed by atoms with Crippen LogP contribution in [0.15, 0.2) is 18.2 Å². The van der Waals surface area contributed by atoms with Crippen molar-refractivity contribution in [1.82, 2.24) is 0 Å². The van der Waals surface area contributed by atoms with Gasteiger partial charge in [-0.1, -0.05) is 19.9 Å². The molecule has 1 unspecified atom stereocenters. The average Bonchev–Trinajstić information content (AvgIpc) is 2.40. The quantitative estimate of drug-likeness (QED) is 0.916. The van der Waals surface area contributed by atoms with Crippen LogP contribution in [-0.2, 0) is 9.59 Å². The van der Waals surface area contributed by atoms with E-state index in [1.54, 1.807) is 11.9 Å². The van der Waals surface area contributed by atoms with Crippen molar-refractivity contribution in [3.8, 4) is 5.75 Å². The van der Waals surface area contributed by atoms with Crippen molar-refractivity contribution in [2.24, 2.45) is 5.92 Å². The van der Waals surface area contributed by atoms with Crippen molar-refractivity contribution in [2.75, 3.05) is 18.6 Å². The monoisotopic (exact) mass is 277 g/mol. The standard InChI is InChI=1S/C15H19NO4/c1-9(2)11(7-15(18)19)10-4-5-13-12(6-10)16(3)14(17)8-20-13/h4-6,9,11H,7-8H2,1-3H3,(H,18,19). The first-order valence-corrected chi connectivity index (χ1v) is 6.65. The van der Waals surface area contributed by atoms with Crippen molar-refractivity contribution in [3.63, 3.8) is 0 Å². The molecule has 0 spiro atoms. The number of fused-ring (bicyclic) bond motifs is 1. The Bertz CT molecular complexity index is 539. The molecule has 1 amide bonds. The second kappa shape index (κ2) is 5.53. The number of hydrogen-bond donors (Lipinski definition) is 1. The number of carbonyl (C=O) groups is 2. The molecular weight excluding hydrogens is 258 g/mol. The molecule has 0 saturated carbocycles. The number of carboxylic acid groups (broad SMARTS) is 1. The molecule has 108 valence electrons. The van der Waals surface area contributed by atoms with E-state index in [1.807, 2.05) is 32.0 Å². The first kappa shape index (κ1) is 14.4. The summed E-state index contributed by atoms with van der Waals surface area (Å²) in [6.45, 7) is 4.04. The van der Waals surface area contributed by atoms with Gasteiger partial charge in [0, 0.05) is 7.05 Å². The highest BCUT2D eigenvalue weighted by atomic mass is 16.5. The fourth-order valence-corrected chi connectivity index (χ4v) is 2.45. The van der Waals surface area contributed by atoms with Gasteiger partial charge in [0.1, 0.15) is 5.75 Å². The summed E-state index contributed by atoms with van der Waals surface area (Å²) in [5.41, 5.74) is 1.63. The molecule has 1 heterocycles. The minimum absolute atomic E-state index is 0.0472. The SMILES string of the molecule is CC(C)C(CC(=O)O)c1ccc2c(c1)N(C)C(=O)CO2. The number of amides is 1. The van der Waals surface area contributed by atoms with Gasteiger partial charge < -0.3 is 14.7 Å². The summed E-state index contributed by atoms with van der Waals surface area (Å²) < 4.78 is 5.37. The lowest BCUT2D eigenvalue weighted by molar-refractivity contribution is -0.137. The Kier molecular flexibility index (Phi) is 3.97. The number of nitrogens with zero attached hydrogens (tertiary/aromatic N) is 1. The minimum Gasteiger partial charge on any atom is -0.482 e. The van der Waals surface area contributed by atoms with Crippen LogP contribution in [0.25, 0.3) is 0 Å². The Labute approximate surface area is 118 Å². The van der Waals surface area contributed by atoms with E-state index in [1.165, 1.54) is 0 Å². The molecule has 1 N–H and O–H groups in total. The molecule has 1 atom stereocenters. The molecule has 0 bridgehead atoms. The van der Waals surface area contributed by atoms with Crippen LogP contribution in [0.5, 0.6) is 5.75 Å². The molecule has 20 heavy (non-hydrogen) atoms. The second-order valence-corrected chi connectivity index (χ2v) is 5.42. The molecule has 1 aromatic rings. The Morgan fingerprint density at radius 1 is 1.45 bits per heavy atom. The smallest absolute Gasteiger partial charge is 0.303 e. The third-order valence-corrected chi connectivity index (χ3v) is 3.70. The summed E-state index contributed by atoms with van der Waals surface area (Å²) in [5.74, 6) is -0.136. The van der Waals surface area contributed by atoms with Crippen LogP contribution in [-0.4, -0.2) is 30.6 Å². The Balaban J connectivity index is 2.38. The molecule has 1 aliphatic rings. The molecule has 5 heteroatoms. The van der Waals surface area contributed by atoms with Crippen LogP contribution in [0, 0.1) is 5.92 Å². The number of hydrogen-bond acceptors (Lipinski definition) is 3. The lowest BCUT2D eigenvalue weighted by Crippen LogP contribution is -2.35. The number of benzene rings is 1. The lowest BCUT2D eigenvalue weighted by Gasteiger charge is -2.28. The summed E-state index contributed by atoms with van der Waals surface area (Å²) in [6, 6.07) is 5.56. The largest absolute Gasteiger partial charge is 0.482 e. The number of carboxylic acids is 1. The fraction of sp³-hybridized carbons (Fsp3) is 0.467. The molecular formula is C15H19NO4. The number of ether oxygens (including phenoxy) is 1. The number of rotatable bonds is 4. The van der Waals surface area contributed by atoms with Gasteiger partial charge in [-0.3, -0.25) is 9.59 Å². The van der Waals surface area contributed by atoms with E-state index in [2.05, 4.69) is 0 Å². The van der Waals surface area contributed by atoms with Gasteiger partial charge in [0.05, 0.1) is 12.1 Å². The molecule has 1 aromatic carbocycles. The van der Waals surface area contributed by atoms with Crippen molar-refractivity contribution < 1.29 is 19.4 Å². The predicted octanol–water partition coefficient (Wildman–Crippen LogP) is 2.26. The zero-order valence-corrected chi connectivity index (χ0v) is 11.9. The summed E-state index contributed by atoms with van der Waals surface area (Å²) in [7, 11) is 1.70. The predicted molar refractivity (Wildman–Crippen MR) is 75.2 cm³/mol. The Morgan fingerprint density at radius 3 is 2.75 bits per heavy atom. The molecule has 0 saturated heterocycles. The minimum atomic E-state index is -0.817. The van der Waals surface area contributed by atoms with E-state index < -0.39 is 5.97 Å². The van der Waals surface area contributed by atoms with Crippen LogP contribution in [0.2, 0.25) is 0 Å². The third-order valence-electron chi connectivity index (χ3n) is 3.70. The van der Waals surface area contributed by atoms with Gasteiger partial charge in [-0.15, -0.1) is 0 Å². The number of anilines is 1. The maximum Gasteiger partial charge on any atom is 0.303 e. The van der Waals surface area contributed by atoms with Gasteiger partial charge in [-0.25, -0.2) is 0 Å². The molecule has 2 rings (SSSR count). The summed E-state index contributed by atoms with van der Waals surface area (Å²) in [6.07, 6.45) is 0.0783. The first-order chi connectivity index (χ1) is 9.40. The normalized spacial score (nSPS) is 15.8. The number of likely N-dealkylation sites (N-methyl/N-ethyl adjacent to an activating group) is 1. The van der Waals surface area contributed by atoms with Crippen LogP contribution >= 0.6 is 0 Å². The van der Waals surface area contributed by atoms with Gasteiger partial charge in [0.25, 0.3) is 5.91 Å². The number of aliphatic carboxylic acids is 1. The van der Waals surface area contributed by atoms with Crippen molar-refractivity contribution in [3.05, 3.63) is 23.8 Å². The summed E-state index contributed by atoms with van der Waals surface area (Å²) in [5, 5.41) is 9.04. The van der Waals surface area contributed by atoms with Crippen LogP contribution in [0.1, 0.15) is 31.7 Å². The maximum absolute atomic E-state index is 11.7. The Hall–Kier alpha value is -2.04.